The number of fused-ring (bicyclic) bond motifs is 1. The molecule has 1 aliphatic rings. The number of likely N-dealkylation sites (N-methyl/N-ethyl adjacent to an activating group) is 1. The van der Waals surface area contributed by atoms with Crippen molar-refractivity contribution in [2.45, 2.75) is 26.3 Å². The number of carbonyl (C=O) groups is 1. The topological polar surface area (TPSA) is 54.5 Å². The molecule has 1 aromatic heterocycles. The lowest BCUT2D eigenvalue weighted by atomic mass is 10.1. The van der Waals surface area contributed by atoms with Crippen LogP contribution in [-0.4, -0.2) is 36.0 Å². The molecule has 2 aromatic rings. The summed E-state index contributed by atoms with van der Waals surface area (Å²) in [5.41, 5.74) is 3.60. The van der Waals surface area contributed by atoms with Crippen LogP contribution in [0.25, 0.3) is 0 Å². The van der Waals surface area contributed by atoms with E-state index in [1.807, 2.05) is 12.1 Å². The van der Waals surface area contributed by atoms with Crippen LogP contribution in [0.2, 0.25) is 0 Å². The fourth-order valence-electron chi connectivity index (χ4n) is 2.81. The van der Waals surface area contributed by atoms with Gasteiger partial charge in [-0.3, -0.25) is 9.78 Å². The number of rotatable bonds is 5. The molecule has 0 spiro atoms. The molecule has 25 heavy (non-hydrogen) atoms. The molecular weight excluding hydrogens is 382 g/mol. The van der Waals surface area contributed by atoms with Gasteiger partial charge in [0.2, 0.25) is 0 Å². The van der Waals surface area contributed by atoms with Gasteiger partial charge < -0.3 is 15.0 Å². The maximum absolute atomic E-state index is 12.5. The molecule has 0 saturated heterocycles. The molecule has 6 heteroatoms. The van der Waals surface area contributed by atoms with Gasteiger partial charge in [0.15, 0.2) is 0 Å². The molecule has 1 amide bonds. The average Bonchev–Trinajstić information content (AvgIpc) is 2.60. The van der Waals surface area contributed by atoms with E-state index in [1.54, 1.807) is 18.3 Å². The van der Waals surface area contributed by atoms with Gasteiger partial charge in [0.1, 0.15) is 5.75 Å². The van der Waals surface area contributed by atoms with Crippen LogP contribution in [0.3, 0.4) is 0 Å². The largest absolute Gasteiger partial charge is 0.492 e. The number of benzene rings is 1. The lowest BCUT2D eigenvalue weighted by Crippen LogP contribution is -2.27. The molecule has 0 fully saturated rings. The summed E-state index contributed by atoms with van der Waals surface area (Å²) in [6, 6.07) is 7.38. The minimum absolute atomic E-state index is 0.159. The van der Waals surface area contributed by atoms with Crippen molar-refractivity contribution < 1.29 is 9.53 Å². The quantitative estimate of drug-likeness (QED) is 0.822. The van der Waals surface area contributed by atoms with Gasteiger partial charge in [-0.2, -0.15) is 0 Å². The van der Waals surface area contributed by atoms with Crippen molar-refractivity contribution in [2.75, 3.05) is 25.5 Å². The molecule has 132 valence electrons. The minimum atomic E-state index is -0.159. The van der Waals surface area contributed by atoms with E-state index in [4.69, 9.17) is 4.74 Å². The van der Waals surface area contributed by atoms with Crippen LogP contribution in [0.4, 0.5) is 5.69 Å². The van der Waals surface area contributed by atoms with Crippen molar-refractivity contribution in [1.29, 1.82) is 0 Å². The highest BCUT2D eigenvalue weighted by molar-refractivity contribution is 9.10. The molecule has 1 aliphatic heterocycles. The van der Waals surface area contributed by atoms with Crippen molar-refractivity contribution in [3.05, 3.63) is 51.8 Å². The summed E-state index contributed by atoms with van der Waals surface area (Å²) in [7, 11) is 2.09. The fourth-order valence-corrected chi connectivity index (χ4v) is 3.30. The van der Waals surface area contributed by atoms with E-state index in [-0.39, 0.29) is 5.91 Å². The Hall–Kier alpha value is -1.92. The number of aromatic nitrogens is 1. The van der Waals surface area contributed by atoms with Gasteiger partial charge >= 0.3 is 0 Å². The zero-order chi connectivity index (χ0) is 17.8. The molecule has 0 unspecified atom stereocenters. The van der Waals surface area contributed by atoms with Gasteiger partial charge in [0.05, 0.1) is 23.0 Å². The van der Waals surface area contributed by atoms with Crippen LogP contribution in [0, 0.1) is 0 Å². The highest BCUT2D eigenvalue weighted by Crippen LogP contribution is 2.27. The Morgan fingerprint density at radius 2 is 2.24 bits per heavy atom. The number of halogens is 1. The molecule has 2 heterocycles. The van der Waals surface area contributed by atoms with E-state index in [9.17, 15) is 4.79 Å². The second kappa shape index (κ2) is 7.97. The number of carbonyl (C=O) groups excluding carboxylic acids is 1. The van der Waals surface area contributed by atoms with Crippen molar-refractivity contribution >= 4 is 27.5 Å². The summed E-state index contributed by atoms with van der Waals surface area (Å²) in [5, 5.41) is 2.93. The summed E-state index contributed by atoms with van der Waals surface area (Å²) in [6.07, 6.45) is 3.62. The smallest absolute Gasteiger partial charge is 0.255 e. The SMILES string of the molecule is CCCOc1ccc(C(=O)Nc2cnc3c(c2)CN(C)CC3)cc1Br. The van der Waals surface area contributed by atoms with Gasteiger partial charge in [-0.25, -0.2) is 0 Å². The molecule has 1 N–H and O–H groups in total. The molecule has 0 aliphatic carbocycles. The minimum Gasteiger partial charge on any atom is -0.492 e. The molecule has 3 rings (SSSR count). The molecule has 0 radical (unpaired) electrons. The number of amides is 1. The number of nitrogens with zero attached hydrogens (tertiary/aromatic N) is 2. The van der Waals surface area contributed by atoms with Crippen LogP contribution in [0.1, 0.15) is 35.0 Å². The summed E-state index contributed by atoms with van der Waals surface area (Å²) >= 11 is 3.46. The monoisotopic (exact) mass is 403 g/mol. The number of anilines is 1. The number of nitrogens with one attached hydrogen (secondary N) is 1. The van der Waals surface area contributed by atoms with E-state index < -0.39 is 0 Å². The van der Waals surface area contributed by atoms with E-state index in [2.05, 4.69) is 45.1 Å². The molecule has 1 aromatic carbocycles. The highest BCUT2D eigenvalue weighted by Gasteiger charge is 2.16. The summed E-state index contributed by atoms with van der Waals surface area (Å²) in [5.74, 6) is 0.588. The van der Waals surface area contributed by atoms with Crippen LogP contribution < -0.4 is 10.1 Å². The number of ether oxygens (including phenoxy) is 1. The normalized spacial score (nSPS) is 14.0. The maximum atomic E-state index is 12.5. The zero-order valence-electron chi connectivity index (χ0n) is 14.5. The van der Waals surface area contributed by atoms with E-state index >= 15 is 0 Å². The standard InChI is InChI=1S/C19H22BrN3O2/c1-3-8-25-18-5-4-13(10-16(18)20)19(24)22-15-9-14-12-23(2)7-6-17(14)21-11-15/h4-5,9-11H,3,6-8,12H2,1-2H3,(H,22,24). The summed E-state index contributed by atoms with van der Waals surface area (Å²) in [4.78, 5) is 19.3. The molecule has 0 bridgehead atoms. The van der Waals surface area contributed by atoms with Crippen LogP contribution in [0.5, 0.6) is 5.75 Å². The van der Waals surface area contributed by atoms with E-state index in [1.165, 1.54) is 5.56 Å². The first-order chi connectivity index (χ1) is 12.1. The Balaban J connectivity index is 1.72. The third kappa shape index (κ3) is 4.38. The third-order valence-electron chi connectivity index (χ3n) is 4.14. The fraction of sp³-hybridized carbons (Fsp3) is 0.368. The number of hydrogen-bond donors (Lipinski definition) is 1. The Morgan fingerprint density at radius 3 is 3.00 bits per heavy atom. The first-order valence-corrected chi connectivity index (χ1v) is 9.26. The lowest BCUT2D eigenvalue weighted by molar-refractivity contribution is 0.102. The predicted octanol–water partition coefficient (Wildman–Crippen LogP) is 3.87. The number of hydrogen-bond acceptors (Lipinski definition) is 4. The van der Waals surface area contributed by atoms with Gasteiger partial charge in [0, 0.05) is 30.8 Å². The van der Waals surface area contributed by atoms with Gasteiger partial charge in [-0.15, -0.1) is 0 Å². The Labute approximate surface area is 156 Å². The van der Waals surface area contributed by atoms with Crippen molar-refractivity contribution in [2.24, 2.45) is 0 Å². The van der Waals surface area contributed by atoms with Crippen molar-refractivity contribution in [3.63, 3.8) is 0 Å². The zero-order valence-corrected chi connectivity index (χ0v) is 16.1. The average molecular weight is 404 g/mol. The van der Waals surface area contributed by atoms with E-state index in [0.29, 0.717) is 12.2 Å². The number of pyridine rings is 1. The lowest BCUT2D eigenvalue weighted by Gasteiger charge is -2.24. The maximum Gasteiger partial charge on any atom is 0.255 e. The van der Waals surface area contributed by atoms with E-state index in [0.717, 1.165) is 47.5 Å². The third-order valence-corrected chi connectivity index (χ3v) is 4.76. The Morgan fingerprint density at radius 1 is 1.40 bits per heavy atom. The van der Waals surface area contributed by atoms with Gasteiger partial charge in [-0.05, 0) is 59.2 Å². The van der Waals surface area contributed by atoms with Crippen molar-refractivity contribution in [3.8, 4) is 5.75 Å². The first-order valence-electron chi connectivity index (χ1n) is 8.47. The van der Waals surface area contributed by atoms with Crippen LogP contribution in [-0.2, 0) is 13.0 Å². The summed E-state index contributed by atoms with van der Waals surface area (Å²) < 4.78 is 6.39. The molecule has 5 nitrogen and oxygen atoms in total. The second-order valence-corrected chi connectivity index (χ2v) is 7.12. The summed E-state index contributed by atoms with van der Waals surface area (Å²) in [6.45, 7) is 4.59. The Bertz CT molecular complexity index is 779. The molecule has 0 atom stereocenters. The van der Waals surface area contributed by atoms with Gasteiger partial charge in [-0.1, -0.05) is 6.92 Å². The predicted molar refractivity (Wildman–Crippen MR) is 102 cm³/mol. The molecular formula is C19H22BrN3O2. The second-order valence-electron chi connectivity index (χ2n) is 6.27. The van der Waals surface area contributed by atoms with Crippen LogP contribution in [0.15, 0.2) is 34.9 Å². The van der Waals surface area contributed by atoms with Crippen molar-refractivity contribution in [1.82, 2.24) is 9.88 Å². The first kappa shape index (κ1) is 17.9. The highest BCUT2D eigenvalue weighted by atomic mass is 79.9. The Kier molecular flexibility index (Phi) is 5.71. The van der Waals surface area contributed by atoms with Gasteiger partial charge in [0.25, 0.3) is 5.91 Å². The molecule has 0 saturated carbocycles. The van der Waals surface area contributed by atoms with Crippen LogP contribution >= 0.6 is 15.9 Å².